The summed E-state index contributed by atoms with van der Waals surface area (Å²) in [5, 5.41) is 0. The van der Waals surface area contributed by atoms with Crippen molar-refractivity contribution >= 4 is 0 Å². The number of hydrogen-bond acceptors (Lipinski definition) is 2. The zero-order valence-electron chi connectivity index (χ0n) is 7.65. The van der Waals surface area contributed by atoms with E-state index in [1.54, 1.807) is 13.8 Å². The van der Waals surface area contributed by atoms with Crippen molar-refractivity contribution in [2.45, 2.75) is 91.8 Å². The lowest BCUT2D eigenvalue weighted by Gasteiger charge is -2.07. The SMILES string of the molecule is C.C.C.C.C.C.CC.CC.CC(C)(N)N. The van der Waals surface area contributed by atoms with Gasteiger partial charge in [0.1, 0.15) is 0 Å². The lowest BCUT2D eigenvalue weighted by atomic mass is 10.3. The molecule has 0 aromatic rings. The number of rotatable bonds is 0. The van der Waals surface area contributed by atoms with Crippen molar-refractivity contribution in [3.05, 3.63) is 0 Å². The van der Waals surface area contributed by atoms with E-state index in [1.807, 2.05) is 27.7 Å². The fourth-order valence-electron chi connectivity index (χ4n) is 0. The van der Waals surface area contributed by atoms with E-state index in [0.717, 1.165) is 0 Å². The van der Waals surface area contributed by atoms with Gasteiger partial charge in [0.25, 0.3) is 0 Å². The second-order valence-electron chi connectivity index (χ2n) is 1.82. The van der Waals surface area contributed by atoms with Gasteiger partial charge in [0.15, 0.2) is 0 Å². The summed E-state index contributed by atoms with van der Waals surface area (Å²) in [6.07, 6.45) is 0. The van der Waals surface area contributed by atoms with E-state index < -0.39 is 5.66 Å². The van der Waals surface area contributed by atoms with E-state index in [9.17, 15) is 0 Å². The van der Waals surface area contributed by atoms with E-state index >= 15 is 0 Å². The first-order chi connectivity index (χ1) is 4.00. The maximum absolute atomic E-state index is 5.13. The Morgan fingerprint density at radius 3 is 0.533 bits per heavy atom. The zero-order chi connectivity index (χ0) is 8.50. The van der Waals surface area contributed by atoms with E-state index in [4.69, 9.17) is 11.5 Å². The topological polar surface area (TPSA) is 52.0 Å². The van der Waals surface area contributed by atoms with Crippen LogP contribution in [0.1, 0.15) is 86.1 Å². The Kier molecular flexibility index (Phi) is 365. The van der Waals surface area contributed by atoms with Crippen LogP contribution in [0.4, 0.5) is 0 Å². The van der Waals surface area contributed by atoms with Crippen LogP contribution in [0.15, 0.2) is 0 Å². The van der Waals surface area contributed by atoms with Gasteiger partial charge in [0.2, 0.25) is 0 Å². The average molecular weight is 231 g/mol. The Morgan fingerprint density at radius 2 is 0.533 bits per heavy atom. The van der Waals surface area contributed by atoms with Crippen LogP contribution in [0.5, 0.6) is 0 Å². The van der Waals surface area contributed by atoms with E-state index in [2.05, 4.69) is 0 Å². The summed E-state index contributed by atoms with van der Waals surface area (Å²) >= 11 is 0. The van der Waals surface area contributed by atoms with Crippen molar-refractivity contribution in [2.75, 3.05) is 0 Å². The van der Waals surface area contributed by atoms with E-state index in [-0.39, 0.29) is 44.6 Å². The molecule has 0 heterocycles. The molecule has 0 unspecified atom stereocenters. The smallest absolute Gasteiger partial charge is 0.0578 e. The van der Waals surface area contributed by atoms with Crippen LogP contribution in [-0.2, 0) is 0 Å². The van der Waals surface area contributed by atoms with Crippen LogP contribution in [-0.4, -0.2) is 5.66 Å². The van der Waals surface area contributed by atoms with E-state index in [1.165, 1.54) is 0 Å². The molecule has 15 heavy (non-hydrogen) atoms. The molecule has 0 aromatic carbocycles. The molecule has 0 saturated carbocycles. The Labute approximate surface area is 104 Å². The van der Waals surface area contributed by atoms with Gasteiger partial charge in [-0.05, 0) is 13.8 Å². The molecule has 4 N–H and O–H groups in total. The second-order valence-corrected chi connectivity index (χ2v) is 1.82. The van der Waals surface area contributed by atoms with Crippen molar-refractivity contribution in [1.82, 2.24) is 0 Å². The lowest BCUT2D eigenvalue weighted by molar-refractivity contribution is 0.546. The van der Waals surface area contributed by atoms with Gasteiger partial charge < -0.3 is 11.5 Å². The predicted molar refractivity (Wildman–Crippen MR) is 85.5 cm³/mol. The van der Waals surface area contributed by atoms with Crippen LogP contribution < -0.4 is 11.5 Å². The zero-order valence-corrected chi connectivity index (χ0v) is 7.65. The standard InChI is InChI=1S/C3H10N2.2C2H6.6CH4/c1-3(2,4)5;2*1-2;;;;;;/h4-5H2,1-2H3;2*1-2H3;6*1H4. The first-order valence-corrected chi connectivity index (χ1v) is 3.58. The summed E-state index contributed by atoms with van der Waals surface area (Å²) in [5.41, 5.74) is 9.76. The molecule has 0 aliphatic rings. The molecule has 0 aliphatic carbocycles. The summed E-state index contributed by atoms with van der Waals surface area (Å²) in [6, 6.07) is 0. The molecule has 2 nitrogen and oxygen atoms in total. The molecule has 0 amide bonds. The summed E-state index contributed by atoms with van der Waals surface area (Å²) in [5.74, 6) is 0. The highest BCUT2D eigenvalue weighted by molar-refractivity contribution is 4.57. The molecule has 0 bridgehead atoms. The molecule has 0 saturated heterocycles. The molecule has 0 aromatic heterocycles. The summed E-state index contributed by atoms with van der Waals surface area (Å²) in [6.45, 7) is 11.5. The molecule has 0 fully saturated rings. The summed E-state index contributed by atoms with van der Waals surface area (Å²) in [7, 11) is 0. The summed E-state index contributed by atoms with van der Waals surface area (Å²) in [4.78, 5) is 0. The first kappa shape index (κ1) is 82.5. The fourth-order valence-corrected chi connectivity index (χ4v) is 0. The molecular weight excluding hydrogens is 184 g/mol. The first-order valence-electron chi connectivity index (χ1n) is 3.58. The van der Waals surface area contributed by atoms with Crippen LogP contribution >= 0.6 is 0 Å². The Hall–Kier alpha value is -0.0800. The highest BCUT2D eigenvalue weighted by atomic mass is 14.9. The van der Waals surface area contributed by atoms with Crippen molar-refractivity contribution in [1.29, 1.82) is 0 Å². The van der Waals surface area contributed by atoms with Crippen LogP contribution in [0, 0.1) is 0 Å². The molecule has 0 spiro atoms. The Morgan fingerprint density at radius 1 is 0.533 bits per heavy atom. The number of hydrogen-bond donors (Lipinski definition) is 2. The monoisotopic (exact) mass is 230 g/mol. The molecule has 0 radical (unpaired) electrons. The van der Waals surface area contributed by atoms with Gasteiger partial charge in [-0.25, -0.2) is 0 Å². The van der Waals surface area contributed by atoms with Gasteiger partial charge in [0, 0.05) is 0 Å². The second kappa shape index (κ2) is 66.3. The van der Waals surface area contributed by atoms with Crippen LogP contribution in [0.3, 0.4) is 0 Å². The van der Waals surface area contributed by atoms with Crippen molar-refractivity contribution in [3.8, 4) is 0 Å². The third-order valence-electron chi connectivity index (χ3n) is 0. The van der Waals surface area contributed by atoms with Gasteiger partial charge in [-0.15, -0.1) is 0 Å². The van der Waals surface area contributed by atoms with Gasteiger partial charge in [-0.3, -0.25) is 0 Å². The predicted octanol–water partition coefficient (Wildman–Crippen LogP) is 5.51. The fraction of sp³-hybridized carbons (Fsp3) is 1.00. The van der Waals surface area contributed by atoms with Gasteiger partial charge in [0.05, 0.1) is 5.66 Å². The Balaban J connectivity index is -0.00000000475. The van der Waals surface area contributed by atoms with Crippen molar-refractivity contribution in [3.63, 3.8) is 0 Å². The highest BCUT2D eigenvalue weighted by Crippen LogP contribution is 1.76. The number of nitrogens with two attached hydrogens (primary N) is 2. The molecule has 0 rings (SSSR count). The van der Waals surface area contributed by atoms with Crippen molar-refractivity contribution < 1.29 is 0 Å². The van der Waals surface area contributed by atoms with Crippen LogP contribution in [0.2, 0.25) is 0 Å². The molecule has 2 heteroatoms. The molecule has 0 aliphatic heterocycles. The maximum atomic E-state index is 5.13. The van der Waals surface area contributed by atoms with Gasteiger partial charge in [-0.2, -0.15) is 0 Å². The molecule has 0 atom stereocenters. The Bertz CT molecular complexity index is 24.0. The van der Waals surface area contributed by atoms with Gasteiger partial charge >= 0.3 is 0 Å². The van der Waals surface area contributed by atoms with Gasteiger partial charge in [-0.1, -0.05) is 72.3 Å². The van der Waals surface area contributed by atoms with Crippen LogP contribution in [0.25, 0.3) is 0 Å². The van der Waals surface area contributed by atoms with Crippen molar-refractivity contribution in [2.24, 2.45) is 11.5 Å². The minimum Gasteiger partial charge on any atom is -0.314 e. The highest BCUT2D eigenvalue weighted by Gasteiger charge is 1.95. The minimum atomic E-state index is -0.500. The quantitative estimate of drug-likeness (QED) is 0.539. The largest absolute Gasteiger partial charge is 0.314 e. The summed E-state index contributed by atoms with van der Waals surface area (Å²) < 4.78 is 0. The van der Waals surface area contributed by atoms with E-state index in [0.29, 0.717) is 0 Å². The normalized spacial score (nSPS) is 4.80. The minimum absolute atomic E-state index is 0. The average Bonchev–Trinajstić information content (AvgIpc) is 1.72. The maximum Gasteiger partial charge on any atom is 0.0578 e. The molecular formula is C13H46N2. The molecule has 108 valence electrons. The lowest BCUT2D eigenvalue weighted by Crippen LogP contribution is -2.42. The third kappa shape index (κ3) is 309000. The third-order valence-corrected chi connectivity index (χ3v) is 0.